The van der Waals surface area contributed by atoms with Gasteiger partial charge < -0.3 is 14.8 Å². The molecule has 3 nitrogen and oxygen atoms in total. The van der Waals surface area contributed by atoms with Crippen molar-refractivity contribution in [2.45, 2.75) is 26.3 Å². The summed E-state index contributed by atoms with van der Waals surface area (Å²) in [5.74, 6) is 0.708. The van der Waals surface area contributed by atoms with Crippen molar-refractivity contribution in [1.29, 1.82) is 0 Å². The van der Waals surface area contributed by atoms with E-state index in [1.807, 2.05) is 18.2 Å². The molecule has 0 heterocycles. The van der Waals surface area contributed by atoms with E-state index in [1.165, 1.54) is 5.56 Å². The second kappa shape index (κ2) is 8.35. The number of ether oxygens (including phenoxy) is 2. The molecule has 102 valence electrons. The first-order valence-electron chi connectivity index (χ1n) is 6.33. The largest absolute Gasteiger partial charge is 0.490 e. The second-order valence-corrected chi connectivity index (χ2v) is 4.61. The van der Waals surface area contributed by atoms with Gasteiger partial charge >= 0.3 is 0 Å². The predicted molar refractivity (Wildman–Crippen MR) is 75.5 cm³/mol. The molecular weight excluding hydrogens is 250 g/mol. The molecule has 1 aromatic rings. The monoisotopic (exact) mass is 271 g/mol. The Balaban J connectivity index is 2.60. The maximum absolute atomic E-state index is 6.19. The zero-order valence-corrected chi connectivity index (χ0v) is 12.1. The zero-order valence-electron chi connectivity index (χ0n) is 11.3. The fraction of sp³-hybridized carbons (Fsp3) is 0.571. The van der Waals surface area contributed by atoms with Crippen LogP contribution in [0.25, 0.3) is 0 Å². The van der Waals surface area contributed by atoms with Gasteiger partial charge in [-0.15, -0.1) is 0 Å². The van der Waals surface area contributed by atoms with Crippen LogP contribution in [0.3, 0.4) is 0 Å². The Kier molecular flexibility index (Phi) is 7.09. The molecule has 0 fully saturated rings. The van der Waals surface area contributed by atoms with Crippen molar-refractivity contribution in [3.63, 3.8) is 0 Å². The lowest BCUT2D eigenvalue weighted by Crippen LogP contribution is -2.19. The second-order valence-electron chi connectivity index (χ2n) is 4.21. The Morgan fingerprint density at radius 3 is 2.72 bits per heavy atom. The average molecular weight is 272 g/mol. The lowest BCUT2D eigenvalue weighted by Gasteiger charge is -2.15. The van der Waals surface area contributed by atoms with Gasteiger partial charge in [-0.2, -0.15) is 0 Å². The highest BCUT2D eigenvalue weighted by molar-refractivity contribution is 6.32. The molecule has 1 unspecified atom stereocenters. The van der Waals surface area contributed by atoms with Crippen molar-refractivity contribution < 1.29 is 9.47 Å². The molecule has 0 aliphatic carbocycles. The van der Waals surface area contributed by atoms with Gasteiger partial charge in [0.1, 0.15) is 12.4 Å². The van der Waals surface area contributed by atoms with Gasteiger partial charge in [0.2, 0.25) is 0 Å². The van der Waals surface area contributed by atoms with Crippen molar-refractivity contribution >= 4 is 11.6 Å². The normalized spacial score (nSPS) is 12.4. The van der Waals surface area contributed by atoms with Gasteiger partial charge in [-0.3, -0.25) is 0 Å². The molecule has 0 radical (unpaired) electrons. The Hall–Kier alpha value is -0.770. The summed E-state index contributed by atoms with van der Waals surface area (Å²) in [7, 11) is 1.65. The van der Waals surface area contributed by atoms with E-state index in [9.17, 15) is 0 Å². The maximum Gasteiger partial charge on any atom is 0.138 e. The van der Waals surface area contributed by atoms with Crippen molar-refractivity contribution in [2.75, 3.05) is 26.9 Å². The van der Waals surface area contributed by atoms with E-state index < -0.39 is 0 Å². The Bertz CT molecular complexity index is 358. The number of benzene rings is 1. The third kappa shape index (κ3) is 4.84. The Labute approximate surface area is 114 Å². The number of hydrogen-bond acceptors (Lipinski definition) is 3. The highest BCUT2D eigenvalue weighted by Gasteiger charge is 2.08. The van der Waals surface area contributed by atoms with Crippen LogP contribution in [0.5, 0.6) is 5.75 Å². The lowest BCUT2D eigenvalue weighted by atomic mass is 10.1. The first-order valence-corrected chi connectivity index (χ1v) is 6.71. The first kappa shape index (κ1) is 15.3. The summed E-state index contributed by atoms with van der Waals surface area (Å²) in [6.07, 6.45) is 1.12. The molecule has 0 aliphatic rings. The van der Waals surface area contributed by atoms with Crippen molar-refractivity contribution in [2.24, 2.45) is 0 Å². The highest BCUT2D eigenvalue weighted by Crippen LogP contribution is 2.27. The van der Waals surface area contributed by atoms with Crippen molar-refractivity contribution in [3.05, 3.63) is 28.8 Å². The van der Waals surface area contributed by atoms with E-state index in [-0.39, 0.29) is 0 Å². The van der Waals surface area contributed by atoms with Crippen LogP contribution in [0.15, 0.2) is 18.2 Å². The molecule has 0 bridgehead atoms. The van der Waals surface area contributed by atoms with Crippen LogP contribution >= 0.6 is 11.6 Å². The van der Waals surface area contributed by atoms with Crippen molar-refractivity contribution in [1.82, 2.24) is 5.32 Å². The highest BCUT2D eigenvalue weighted by atomic mass is 35.5. The number of halogens is 1. The third-order valence-corrected chi connectivity index (χ3v) is 3.00. The third-order valence-electron chi connectivity index (χ3n) is 2.70. The molecule has 1 aromatic carbocycles. The van der Waals surface area contributed by atoms with Crippen LogP contribution in [0.1, 0.15) is 31.9 Å². The fourth-order valence-corrected chi connectivity index (χ4v) is 1.86. The SMILES string of the molecule is CCCNC(C)c1ccc(OCCOC)c(Cl)c1. The topological polar surface area (TPSA) is 30.5 Å². The number of rotatable bonds is 8. The minimum Gasteiger partial charge on any atom is -0.490 e. The van der Waals surface area contributed by atoms with Crippen LogP contribution in [0.2, 0.25) is 5.02 Å². The van der Waals surface area contributed by atoms with Crippen LogP contribution in [-0.2, 0) is 4.74 Å². The molecule has 0 aliphatic heterocycles. The minimum absolute atomic E-state index is 0.301. The van der Waals surface area contributed by atoms with Crippen LogP contribution in [0, 0.1) is 0 Å². The molecular formula is C14H22ClNO2. The fourth-order valence-electron chi connectivity index (χ4n) is 1.62. The van der Waals surface area contributed by atoms with Crippen LogP contribution in [0.4, 0.5) is 0 Å². The van der Waals surface area contributed by atoms with E-state index in [0.717, 1.165) is 13.0 Å². The summed E-state index contributed by atoms with van der Waals surface area (Å²) in [6, 6.07) is 6.21. The number of methoxy groups -OCH3 is 1. The van der Waals surface area contributed by atoms with E-state index >= 15 is 0 Å². The smallest absolute Gasteiger partial charge is 0.138 e. The first-order chi connectivity index (χ1) is 8.69. The average Bonchev–Trinajstić information content (AvgIpc) is 2.38. The summed E-state index contributed by atoms with van der Waals surface area (Å²) in [5.41, 5.74) is 1.17. The molecule has 1 atom stereocenters. The number of nitrogens with one attached hydrogen (secondary N) is 1. The maximum atomic E-state index is 6.19. The molecule has 0 spiro atoms. The molecule has 18 heavy (non-hydrogen) atoms. The van der Waals surface area contributed by atoms with Gasteiger partial charge in [0.15, 0.2) is 0 Å². The summed E-state index contributed by atoms with van der Waals surface area (Å²) in [4.78, 5) is 0. The standard InChI is InChI=1S/C14H22ClNO2/c1-4-7-16-11(2)12-5-6-14(13(15)10-12)18-9-8-17-3/h5-6,10-11,16H,4,7-9H2,1-3H3. The van der Waals surface area contributed by atoms with Crippen LogP contribution < -0.4 is 10.1 Å². The molecule has 0 saturated heterocycles. The molecule has 4 heteroatoms. The zero-order chi connectivity index (χ0) is 13.4. The van der Waals surface area contributed by atoms with Gasteiger partial charge in [0.05, 0.1) is 11.6 Å². The Morgan fingerprint density at radius 2 is 2.11 bits per heavy atom. The summed E-state index contributed by atoms with van der Waals surface area (Å²) >= 11 is 6.19. The quantitative estimate of drug-likeness (QED) is 0.735. The van der Waals surface area contributed by atoms with Gasteiger partial charge in [-0.05, 0) is 37.6 Å². The van der Waals surface area contributed by atoms with Gasteiger partial charge in [0.25, 0.3) is 0 Å². The van der Waals surface area contributed by atoms with Crippen LogP contribution in [-0.4, -0.2) is 26.9 Å². The van der Waals surface area contributed by atoms with Gasteiger partial charge in [0, 0.05) is 13.2 Å². The summed E-state index contributed by atoms with van der Waals surface area (Å²) in [6.45, 7) is 6.36. The summed E-state index contributed by atoms with van der Waals surface area (Å²) in [5, 5.41) is 4.08. The minimum atomic E-state index is 0.301. The van der Waals surface area contributed by atoms with E-state index in [2.05, 4.69) is 19.2 Å². The molecule has 1 rings (SSSR count). The molecule has 0 amide bonds. The number of hydrogen-bond donors (Lipinski definition) is 1. The predicted octanol–water partition coefficient (Wildman–Crippen LogP) is 3.43. The lowest BCUT2D eigenvalue weighted by molar-refractivity contribution is 0.146. The van der Waals surface area contributed by atoms with Crippen molar-refractivity contribution in [3.8, 4) is 5.75 Å². The summed E-state index contributed by atoms with van der Waals surface area (Å²) < 4.78 is 10.4. The molecule has 1 N–H and O–H groups in total. The van der Waals surface area contributed by atoms with Gasteiger partial charge in [-0.1, -0.05) is 24.6 Å². The van der Waals surface area contributed by atoms with E-state index in [1.54, 1.807) is 7.11 Å². The Morgan fingerprint density at radius 1 is 1.33 bits per heavy atom. The molecule has 0 aromatic heterocycles. The van der Waals surface area contributed by atoms with E-state index in [4.69, 9.17) is 21.1 Å². The molecule has 0 saturated carbocycles. The van der Waals surface area contributed by atoms with E-state index in [0.29, 0.717) is 30.0 Å². The van der Waals surface area contributed by atoms with Gasteiger partial charge in [-0.25, -0.2) is 0 Å².